The van der Waals surface area contributed by atoms with Gasteiger partial charge >= 0.3 is 30.5 Å². The molecule has 5 fully saturated rings. The van der Waals surface area contributed by atoms with Crippen LogP contribution in [0.1, 0.15) is 162 Å². The zero-order chi connectivity index (χ0) is 59.1. The third-order valence-corrected chi connectivity index (χ3v) is 12.8. The third-order valence-electron chi connectivity index (χ3n) is 12.8. The molecule has 2 aliphatic carbocycles. The topological polar surface area (TPSA) is 337 Å². The van der Waals surface area contributed by atoms with Crippen LogP contribution in [0.25, 0.3) is 0 Å². The minimum absolute atomic E-state index is 0.0523. The summed E-state index contributed by atoms with van der Waals surface area (Å²) in [5, 5.41) is 52.7. The number of ether oxygens (including phenoxy) is 11. The Labute approximate surface area is 464 Å². The molecule has 5 aliphatic rings. The molecule has 0 aromatic rings. The van der Waals surface area contributed by atoms with Gasteiger partial charge in [-0.15, -0.1) is 0 Å². The largest absolute Gasteiger partial charge is 0.444 e. The zero-order valence-corrected chi connectivity index (χ0v) is 48.9. The van der Waals surface area contributed by atoms with Crippen molar-refractivity contribution in [3.63, 3.8) is 0 Å². The van der Waals surface area contributed by atoms with Crippen LogP contribution in [0.2, 0.25) is 0 Å². The Morgan fingerprint density at radius 1 is 0.570 bits per heavy atom. The van der Waals surface area contributed by atoms with Gasteiger partial charge in [-0.2, -0.15) is 0 Å². The molecule has 0 radical (unpaired) electrons. The summed E-state index contributed by atoms with van der Waals surface area (Å²) in [6, 6.07) is -4.88. The van der Waals surface area contributed by atoms with Crippen LogP contribution in [0.3, 0.4) is 0 Å². The monoisotopic (exact) mass is 1130 g/mol. The summed E-state index contributed by atoms with van der Waals surface area (Å²) in [6.45, 7) is 24.8. The van der Waals surface area contributed by atoms with Crippen molar-refractivity contribution in [2.24, 2.45) is 0 Å². The van der Waals surface area contributed by atoms with Crippen molar-refractivity contribution >= 4 is 36.4 Å². The molecule has 3 aliphatic heterocycles. The first-order chi connectivity index (χ1) is 36.4. The summed E-state index contributed by atoms with van der Waals surface area (Å²) in [4.78, 5) is 79.9. The van der Waals surface area contributed by atoms with Crippen molar-refractivity contribution in [1.82, 2.24) is 31.9 Å². The van der Waals surface area contributed by atoms with Crippen LogP contribution in [-0.4, -0.2) is 191 Å². The van der Waals surface area contributed by atoms with Gasteiger partial charge in [-0.25, -0.2) is 24.0 Å². The molecule has 6 amide bonds. The molecule has 9 N–H and O–H groups in total. The standard InChI is InChI=1S/C53H92N6O20/c1-48(2,3)75-43(64)54-24-21-32(60)40(63)56-30-25-31(58-46(67)78-51(10,11)12)38(72-41-29(57-45(66)77-50(7,8)9)20-19-28(70-41)26-55-44(65)76-49(4,5)6)36(62)37(30)73-42-35(61)34(59-47(68)79-52(13,14)15)39-33(71-42)27-69-53(74-39)22-17-16-18-23-53/h28-39,41-42,60-62H,16-27H2,1-15H3,(H,54,64)(H,55,65)(H,56,63)(H,57,66)(H,58,67)(H,59,68)/t28?,29?,30-,31-,32+,33?,34-,35?,36?,37+,38?,39-,41-,42-/m1/s1. The van der Waals surface area contributed by atoms with E-state index in [1.165, 1.54) is 0 Å². The summed E-state index contributed by atoms with van der Waals surface area (Å²) >= 11 is 0. The molecule has 2 saturated carbocycles. The minimum Gasteiger partial charge on any atom is -0.444 e. The van der Waals surface area contributed by atoms with Crippen molar-refractivity contribution in [3.8, 4) is 0 Å². The van der Waals surface area contributed by atoms with Gasteiger partial charge in [0, 0.05) is 25.9 Å². The number of hydrogen-bond donors (Lipinski definition) is 9. The molecule has 0 aromatic heterocycles. The average Bonchev–Trinajstić information content (AvgIpc) is 3.27. The average molecular weight is 1130 g/mol. The maximum Gasteiger partial charge on any atom is 0.408 e. The van der Waals surface area contributed by atoms with E-state index in [1.807, 2.05) is 0 Å². The lowest BCUT2D eigenvalue weighted by molar-refractivity contribution is -0.389. The zero-order valence-electron chi connectivity index (χ0n) is 48.9. The highest BCUT2D eigenvalue weighted by molar-refractivity contribution is 5.81. The first kappa shape index (κ1) is 65.3. The Bertz CT molecular complexity index is 2060. The lowest BCUT2D eigenvalue weighted by Gasteiger charge is -2.54. The molecule has 14 atom stereocenters. The number of nitrogens with one attached hydrogen (secondary N) is 6. The molecule has 6 unspecified atom stereocenters. The fourth-order valence-corrected chi connectivity index (χ4v) is 9.68. The van der Waals surface area contributed by atoms with Gasteiger partial charge in [0.1, 0.15) is 70.7 Å². The second-order valence-electron chi connectivity index (χ2n) is 25.9. The van der Waals surface area contributed by atoms with Gasteiger partial charge in [0.05, 0.1) is 36.9 Å². The van der Waals surface area contributed by atoms with E-state index in [0.29, 0.717) is 12.8 Å². The van der Waals surface area contributed by atoms with Crippen molar-refractivity contribution in [2.75, 3.05) is 19.7 Å². The van der Waals surface area contributed by atoms with E-state index in [0.717, 1.165) is 19.3 Å². The summed E-state index contributed by atoms with van der Waals surface area (Å²) < 4.78 is 66.7. The van der Waals surface area contributed by atoms with Gasteiger partial charge in [0.2, 0.25) is 5.91 Å². The molecule has 1 spiro atoms. The molecule has 5 rings (SSSR count). The quantitative estimate of drug-likeness (QED) is 0.110. The van der Waals surface area contributed by atoms with E-state index in [1.54, 1.807) is 104 Å². The molecule has 3 heterocycles. The Balaban J connectivity index is 1.54. The Morgan fingerprint density at radius 3 is 1.59 bits per heavy atom. The lowest BCUT2D eigenvalue weighted by atomic mass is 9.83. The Kier molecular flexibility index (Phi) is 22.0. The van der Waals surface area contributed by atoms with E-state index >= 15 is 0 Å². The number of fused-ring (bicyclic) bond motifs is 1. The highest BCUT2D eigenvalue weighted by atomic mass is 16.8. The Morgan fingerprint density at radius 2 is 1.05 bits per heavy atom. The van der Waals surface area contributed by atoms with Crippen molar-refractivity contribution in [2.45, 2.75) is 281 Å². The van der Waals surface area contributed by atoms with Crippen molar-refractivity contribution < 1.29 is 96.2 Å². The number of aliphatic hydroxyl groups excluding tert-OH is 3. The summed E-state index contributed by atoms with van der Waals surface area (Å²) in [7, 11) is 0. The SMILES string of the molecule is CC(C)(C)OC(=O)NCC[C@H](O)C(=O)N[C@@H]1C[C@@H](NC(=O)OC(C)(C)C)C(O[C@H]2OC(CNC(=O)OC(C)(C)C)CCC2NC(=O)OC(C)(C)C)C(O)[C@H]1O[C@H]1OC2COC3(CCCCC3)O[C@H]2[C@H](NC(=O)OC(C)(C)C)C1O. The number of rotatable bonds is 14. The maximum atomic E-state index is 14.1. The molecule has 3 saturated heterocycles. The molecule has 26 heteroatoms. The maximum absolute atomic E-state index is 14.1. The predicted molar refractivity (Wildman–Crippen MR) is 280 cm³/mol. The van der Waals surface area contributed by atoms with Gasteiger partial charge in [0.15, 0.2) is 18.4 Å². The normalized spacial score (nSPS) is 30.7. The predicted octanol–water partition coefficient (Wildman–Crippen LogP) is 4.15. The van der Waals surface area contributed by atoms with Gasteiger partial charge < -0.3 is 99.3 Å². The number of aliphatic hydroxyl groups is 3. The van der Waals surface area contributed by atoms with E-state index in [9.17, 15) is 44.1 Å². The van der Waals surface area contributed by atoms with Gasteiger partial charge in [-0.1, -0.05) is 6.42 Å². The van der Waals surface area contributed by atoms with Crippen molar-refractivity contribution in [1.29, 1.82) is 0 Å². The number of amides is 6. The second-order valence-corrected chi connectivity index (χ2v) is 25.9. The van der Waals surface area contributed by atoms with E-state index in [4.69, 9.17) is 52.1 Å². The van der Waals surface area contributed by atoms with Crippen LogP contribution < -0.4 is 31.9 Å². The summed E-state index contributed by atoms with van der Waals surface area (Å²) in [5.41, 5.74) is -4.50. The lowest BCUT2D eigenvalue weighted by Crippen LogP contribution is -2.72. The smallest absolute Gasteiger partial charge is 0.408 e. The van der Waals surface area contributed by atoms with Crippen molar-refractivity contribution in [3.05, 3.63) is 0 Å². The van der Waals surface area contributed by atoms with Crippen LogP contribution in [0, 0.1) is 0 Å². The molecular weight excluding hydrogens is 1040 g/mol. The van der Waals surface area contributed by atoms with E-state index in [-0.39, 0.29) is 45.4 Å². The third kappa shape index (κ3) is 21.1. The molecular formula is C53H92N6O20. The van der Waals surface area contributed by atoms with Crippen LogP contribution in [0.15, 0.2) is 0 Å². The first-order valence-corrected chi connectivity index (χ1v) is 27.6. The first-order valence-electron chi connectivity index (χ1n) is 27.6. The number of carbonyl (C=O) groups is 6. The van der Waals surface area contributed by atoms with Crippen LogP contribution in [-0.2, 0) is 56.9 Å². The van der Waals surface area contributed by atoms with Gasteiger partial charge in [-0.3, -0.25) is 4.79 Å². The van der Waals surface area contributed by atoms with E-state index in [2.05, 4.69) is 31.9 Å². The molecule has 0 aromatic carbocycles. The minimum atomic E-state index is -1.92. The fraction of sp³-hybridized carbons (Fsp3) is 0.887. The van der Waals surface area contributed by atoms with Crippen LogP contribution in [0.5, 0.6) is 0 Å². The number of hydrogen-bond acceptors (Lipinski definition) is 20. The summed E-state index contributed by atoms with van der Waals surface area (Å²) in [6.07, 6.45) is -15.1. The number of carbonyl (C=O) groups excluding carboxylic acids is 6. The highest BCUT2D eigenvalue weighted by Crippen LogP contribution is 2.42. The molecule has 0 bridgehead atoms. The Hall–Kier alpha value is -4.54. The van der Waals surface area contributed by atoms with Crippen LogP contribution >= 0.6 is 0 Å². The molecule has 26 nitrogen and oxygen atoms in total. The number of alkyl carbamates (subject to hydrolysis) is 5. The highest BCUT2D eigenvalue weighted by Gasteiger charge is 2.57. The molecule has 454 valence electrons. The summed E-state index contributed by atoms with van der Waals surface area (Å²) in [5.74, 6) is -1.99. The van der Waals surface area contributed by atoms with Gasteiger partial charge in [0.25, 0.3) is 0 Å². The fourth-order valence-electron chi connectivity index (χ4n) is 9.68. The van der Waals surface area contributed by atoms with Crippen LogP contribution in [0.4, 0.5) is 24.0 Å². The second kappa shape index (κ2) is 26.6. The van der Waals surface area contributed by atoms with Gasteiger partial charge in [-0.05, 0) is 142 Å². The molecule has 79 heavy (non-hydrogen) atoms. The van der Waals surface area contributed by atoms with E-state index < -0.39 is 156 Å².